The van der Waals surface area contributed by atoms with Crippen molar-refractivity contribution in [3.63, 3.8) is 0 Å². The molecular weight excluding hydrogens is 398 g/mol. The number of guanidine groups is 1. The van der Waals surface area contributed by atoms with E-state index >= 15 is 0 Å². The summed E-state index contributed by atoms with van der Waals surface area (Å²) in [6.07, 6.45) is -0.0566. The van der Waals surface area contributed by atoms with Crippen LogP contribution in [0.4, 0.5) is 5.69 Å². The zero-order chi connectivity index (χ0) is 21.7. The third-order valence-electron chi connectivity index (χ3n) is 4.81. The average Bonchev–Trinajstić information content (AvgIpc) is 2.72. The summed E-state index contributed by atoms with van der Waals surface area (Å²) >= 11 is -1.48. The van der Waals surface area contributed by atoms with Crippen molar-refractivity contribution >= 4 is 28.8 Å². The molecule has 30 heavy (non-hydrogen) atoms. The highest BCUT2D eigenvalue weighted by Crippen LogP contribution is 2.35. The standard InChI is InChI=1S/C23H23N3O3S/c1-15-19(20(14-22(27)28)16-7-3-2-4-8-16)11-6-12-21(15)30(29)18-10-5-9-17(13-18)26-23(24)25/h2-13,20H,14H2,1H3,(H,27,28)(H4,24,25,26). The second-order valence-electron chi connectivity index (χ2n) is 6.87. The van der Waals surface area contributed by atoms with Gasteiger partial charge in [0.1, 0.15) is 0 Å². The topological polar surface area (TPSA) is 122 Å². The van der Waals surface area contributed by atoms with Crippen molar-refractivity contribution in [1.29, 1.82) is 5.41 Å². The Morgan fingerprint density at radius 3 is 2.50 bits per heavy atom. The smallest absolute Gasteiger partial charge is 0.304 e. The summed E-state index contributed by atoms with van der Waals surface area (Å²) in [6.45, 7) is 1.87. The molecule has 154 valence electrons. The molecule has 5 N–H and O–H groups in total. The lowest BCUT2D eigenvalue weighted by Gasteiger charge is -2.21. The molecule has 0 heterocycles. The number of aliphatic carboxylic acids is 1. The van der Waals surface area contributed by atoms with Crippen molar-refractivity contribution in [1.82, 2.24) is 0 Å². The predicted octanol–water partition coefficient (Wildman–Crippen LogP) is 4.07. The monoisotopic (exact) mass is 421 g/mol. The van der Waals surface area contributed by atoms with Crippen molar-refractivity contribution < 1.29 is 14.5 Å². The molecule has 3 aromatic rings. The zero-order valence-corrected chi connectivity index (χ0v) is 17.3. The number of carboxylic acid groups (broad SMARTS) is 1. The Kier molecular flexibility index (Phi) is 6.76. The largest absolute Gasteiger partial charge is 0.606 e. The molecule has 0 saturated carbocycles. The Morgan fingerprint density at radius 1 is 1.13 bits per heavy atom. The summed E-state index contributed by atoms with van der Waals surface area (Å²) in [5, 5.41) is 19.5. The molecule has 6 nitrogen and oxygen atoms in total. The van der Waals surface area contributed by atoms with Crippen LogP contribution < -0.4 is 11.1 Å². The first-order valence-electron chi connectivity index (χ1n) is 9.36. The van der Waals surface area contributed by atoms with Gasteiger partial charge >= 0.3 is 5.97 Å². The van der Waals surface area contributed by atoms with Gasteiger partial charge in [-0.3, -0.25) is 10.2 Å². The lowest BCUT2D eigenvalue weighted by atomic mass is 9.86. The Bertz CT molecular complexity index is 1060. The molecular formula is C23H23N3O3S. The molecule has 0 aromatic heterocycles. The minimum Gasteiger partial charge on any atom is -0.606 e. The molecule has 2 unspecified atom stereocenters. The molecule has 0 fully saturated rings. The number of anilines is 1. The van der Waals surface area contributed by atoms with Gasteiger partial charge in [0, 0.05) is 34.4 Å². The average molecular weight is 422 g/mol. The number of carbonyl (C=O) groups is 1. The van der Waals surface area contributed by atoms with Gasteiger partial charge in [-0.05, 0) is 36.2 Å². The minimum absolute atomic E-state index is 0.0566. The maximum Gasteiger partial charge on any atom is 0.304 e. The van der Waals surface area contributed by atoms with Crippen molar-refractivity contribution in [2.45, 2.75) is 29.1 Å². The Morgan fingerprint density at radius 2 is 1.83 bits per heavy atom. The molecule has 7 heteroatoms. The van der Waals surface area contributed by atoms with Gasteiger partial charge in [-0.15, -0.1) is 0 Å². The summed E-state index contributed by atoms with van der Waals surface area (Å²) in [5.41, 5.74) is 8.50. The van der Waals surface area contributed by atoms with E-state index in [2.05, 4.69) is 5.32 Å². The van der Waals surface area contributed by atoms with Crippen molar-refractivity contribution in [2.24, 2.45) is 5.73 Å². The Labute approximate surface area is 178 Å². The van der Waals surface area contributed by atoms with E-state index in [1.807, 2.05) is 49.4 Å². The fourth-order valence-corrected chi connectivity index (χ4v) is 4.74. The lowest BCUT2D eigenvalue weighted by molar-refractivity contribution is -0.137. The molecule has 0 aliphatic rings. The molecule has 0 radical (unpaired) electrons. The van der Waals surface area contributed by atoms with Crippen molar-refractivity contribution in [3.05, 3.63) is 89.5 Å². The van der Waals surface area contributed by atoms with Crippen LogP contribution in [0, 0.1) is 12.3 Å². The van der Waals surface area contributed by atoms with Crippen LogP contribution in [0.5, 0.6) is 0 Å². The fourth-order valence-electron chi connectivity index (χ4n) is 3.45. The van der Waals surface area contributed by atoms with Gasteiger partial charge in [0.05, 0.1) is 6.42 Å². The highest BCUT2D eigenvalue weighted by molar-refractivity contribution is 7.91. The summed E-state index contributed by atoms with van der Waals surface area (Å²) in [6, 6.07) is 21.9. The second kappa shape index (κ2) is 9.47. The highest BCUT2D eigenvalue weighted by atomic mass is 32.2. The summed E-state index contributed by atoms with van der Waals surface area (Å²) in [7, 11) is 0. The molecule has 2 atom stereocenters. The molecule has 0 saturated heterocycles. The van der Waals surface area contributed by atoms with Crippen LogP contribution in [-0.2, 0) is 16.0 Å². The van der Waals surface area contributed by atoms with E-state index in [0.717, 1.165) is 16.7 Å². The van der Waals surface area contributed by atoms with E-state index in [1.54, 1.807) is 30.3 Å². The van der Waals surface area contributed by atoms with E-state index in [-0.39, 0.29) is 18.3 Å². The fraction of sp³-hybridized carbons (Fsp3) is 0.130. The van der Waals surface area contributed by atoms with Gasteiger partial charge in [0.25, 0.3) is 0 Å². The highest BCUT2D eigenvalue weighted by Gasteiger charge is 2.25. The number of nitrogens with one attached hydrogen (secondary N) is 2. The first kappa shape index (κ1) is 21.4. The number of carboxylic acids is 1. The molecule has 3 aromatic carbocycles. The number of nitrogens with two attached hydrogens (primary N) is 1. The van der Waals surface area contributed by atoms with Gasteiger partial charge in [-0.2, -0.15) is 0 Å². The number of rotatable bonds is 7. The normalized spacial score (nSPS) is 12.7. The van der Waals surface area contributed by atoms with E-state index in [1.165, 1.54) is 0 Å². The second-order valence-corrected chi connectivity index (χ2v) is 8.32. The van der Waals surface area contributed by atoms with Gasteiger partial charge < -0.3 is 20.7 Å². The van der Waals surface area contributed by atoms with E-state index in [9.17, 15) is 14.5 Å². The number of benzene rings is 3. The maximum absolute atomic E-state index is 13.3. The van der Waals surface area contributed by atoms with Crippen LogP contribution in [-0.4, -0.2) is 21.6 Å². The van der Waals surface area contributed by atoms with Gasteiger partial charge in [0.15, 0.2) is 15.8 Å². The SMILES string of the molecule is Cc1c(C(CC(=O)O)c2ccccc2)cccc1[S+]([O-])c1cccc(NC(=N)N)c1. The lowest BCUT2D eigenvalue weighted by Crippen LogP contribution is -2.20. The third-order valence-corrected chi connectivity index (χ3v) is 6.33. The molecule has 0 bridgehead atoms. The molecule has 0 aliphatic heterocycles. The Balaban J connectivity index is 2.01. The molecule has 0 aliphatic carbocycles. The first-order valence-corrected chi connectivity index (χ1v) is 10.5. The summed E-state index contributed by atoms with van der Waals surface area (Å²) < 4.78 is 13.3. The minimum atomic E-state index is -1.48. The van der Waals surface area contributed by atoms with E-state index in [4.69, 9.17) is 11.1 Å². The molecule has 3 rings (SSSR count). The van der Waals surface area contributed by atoms with Crippen LogP contribution >= 0.6 is 0 Å². The van der Waals surface area contributed by atoms with Crippen LogP contribution in [0.3, 0.4) is 0 Å². The molecule has 0 spiro atoms. The maximum atomic E-state index is 13.3. The third kappa shape index (κ3) is 5.00. The summed E-state index contributed by atoms with van der Waals surface area (Å²) in [4.78, 5) is 12.7. The number of hydrogen-bond donors (Lipinski definition) is 4. The van der Waals surface area contributed by atoms with Crippen molar-refractivity contribution in [2.75, 3.05) is 5.32 Å². The van der Waals surface area contributed by atoms with Crippen LogP contribution in [0.1, 0.15) is 29.0 Å². The van der Waals surface area contributed by atoms with Crippen LogP contribution in [0.2, 0.25) is 0 Å². The van der Waals surface area contributed by atoms with E-state index in [0.29, 0.717) is 15.5 Å². The van der Waals surface area contributed by atoms with Crippen molar-refractivity contribution in [3.8, 4) is 0 Å². The van der Waals surface area contributed by atoms with Crippen LogP contribution in [0.25, 0.3) is 0 Å². The quantitative estimate of drug-likeness (QED) is 0.260. The number of hydrogen-bond acceptors (Lipinski definition) is 3. The summed E-state index contributed by atoms with van der Waals surface area (Å²) in [5.74, 6) is -1.43. The first-order chi connectivity index (χ1) is 14.4. The van der Waals surface area contributed by atoms with Gasteiger partial charge in [-0.1, -0.05) is 48.5 Å². The van der Waals surface area contributed by atoms with Gasteiger partial charge in [0.2, 0.25) is 0 Å². The molecule has 0 amide bonds. The van der Waals surface area contributed by atoms with Crippen LogP contribution in [0.15, 0.2) is 82.6 Å². The van der Waals surface area contributed by atoms with Gasteiger partial charge in [-0.25, -0.2) is 0 Å². The zero-order valence-electron chi connectivity index (χ0n) is 16.5. The predicted molar refractivity (Wildman–Crippen MR) is 118 cm³/mol. The van der Waals surface area contributed by atoms with E-state index < -0.39 is 17.1 Å². The Hall–Kier alpha value is -3.29.